The maximum absolute atomic E-state index is 13.0. The number of halogens is 1. The monoisotopic (exact) mass is 329 g/mol. The van der Waals surface area contributed by atoms with Crippen molar-refractivity contribution in [3.05, 3.63) is 53.1 Å². The van der Waals surface area contributed by atoms with Gasteiger partial charge < -0.3 is 9.88 Å². The Morgan fingerprint density at radius 3 is 2.83 bits per heavy atom. The quantitative estimate of drug-likeness (QED) is 0.927. The smallest absolute Gasteiger partial charge is 0.226 e. The van der Waals surface area contributed by atoms with E-state index in [-0.39, 0.29) is 17.9 Å². The minimum atomic E-state index is 0.109. The van der Waals surface area contributed by atoms with E-state index in [2.05, 4.69) is 9.97 Å². The molecule has 1 aromatic heterocycles. The molecule has 3 atom stereocenters. The highest BCUT2D eigenvalue weighted by atomic mass is 35.5. The molecule has 1 aliphatic heterocycles. The highest BCUT2D eigenvalue weighted by molar-refractivity contribution is 6.30. The van der Waals surface area contributed by atoms with Gasteiger partial charge >= 0.3 is 0 Å². The van der Waals surface area contributed by atoms with Crippen LogP contribution >= 0.6 is 11.6 Å². The zero-order chi connectivity index (χ0) is 15.8. The Balaban J connectivity index is 1.49. The summed E-state index contributed by atoms with van der Waals surface area (Å²) >= 11 is 5.95. The lowest BCUT2D eigenvalue weighted by Crippen LogP contribution is -2.40. The van der Waals surface area contributed by atoms with Crippen LogP contribution in [-0.4, -0.2) is 27.3 Å². The number of hydrogen-bond donors (Lipinski definition) is 1. The van der Waals surface area contributed by atoms with E-state index in [1.54, 1.807) is 6.20 Å². The van der Waals surface area contributed by atoms with Crippen molar-refractivity contribution < 1.29 is 4.79 Å². The number of carbonyl (C=O) groups is 1. The summed E-state index contributed by atoms with van der Waals surface area (Å²) in [5.74, 6) is 1.67. The summed E-state index contributed by atoms with van der Waals surface area (Å²) in [6.45, 7) is 0.841. The lowest BCUT2D eigenvalue weighted by molar-refractivity contribution is -0.136. The molecule has 1 saturated carbocycles. The third-order valence-corrected chi connectivity index (χ3v) is 5.28. The van der Waals surface area contributed by atoms with E-state index in [1.165, 1.54) is 5.56 Å². The second kappa shape index (κ2) is 6.00. The van der Waals surface area contributed by atoms with Crippen LogP contribution in [0.4, 0.5) is 0 Å². The minimum absolute atomic E-state index is 0.109. The van der Waals surface area contributed by atoms with Crippen LogP contribution in [0.1, 0.15) is 49.0 Å². The average Bonchev–Trinajstić information content (AvgIpc) is 3.19. The van der Waals surface area contributed by atoms with Crippen LogP contribution in [0.5, 0.6) is 0 Å². The van der Waals surface area contributed by atoms with Gasteiger partial charge in [-0.05, 0) is 49.3 Å². The molecule has 0 bridgehead atoms. The van der Waals surface area contributed by atoms with Crippen molar-refractivity contribution in [2.45, 2.75) is 37.6 Å². The molecule has 2 aliphatic rings. The van der Waals surface area contributed by atoms with Gasteiger partial charge in [-0.1, -0.05) is 23.7 Å². The number of imidazole rings is 1. The molecule has 1 aromatic carbocycles. The van der Waals surface area contributed by atoms with Crippen molar-refractivity contribution in [1.29, 1.82) is 0 Å². The summed E-state index contributed by atoms with van der Waals surface area (Å²) in [5, 5.41) is 0.742. The van der Waals surface area contributed by atoms with Crippen molar-refractivity contribution in [2.24, 2.45) is 5.92 Å². The second-order valence-electron chi connectivity index (χ2n) is 6.52. The first-order chi connectivity index (χ1) is 11.2. The van der Waals surface area contributed by atoms with E-state index in [1.807, 2.05) is 35.4 Å². The van der Waals surface area contributed by atoms with Gasteiger partial charge in [0.15, 0.2) is 0 Å². The first-order valence-electron chi connectivity index (χ1n) is 8.29. The maximum atomic E-state index is 13.0. The van der Waals surface area contributed by atoms with E-state index >= 15 is 0 Å². The Kier molecular flexibility index (Phi) is 3.85. The number of benzene rings is 1. The van der Waals surface area contributed by atoms with Crippen molar-refractivity contribution >= 4 is 17.5 Å². The lowest BCUT2D eigenvalue weighted by atomic mass is 10.00. The predicted molar refractivity (Wildman–Crippen MR) is 89.2 cm³/mol. The summed E-state index contributed by atoms with van der Waals surface area (Å²) in [5.41, 5.74) is 1.22. The molecular weight excluding hydrogens is 310 g/mol. The molecule has 2 fully saturated rings. The molecule has 2 aromatic rings. The highest BCUT2D eigenvalue weighted by Crippen LogP contribution is 2.49. The van der Waals surface area contributed by atoms with Gasteiger partial charge in [0.2, 0.25) is 5.91 Å². The maximum Gasteiger partial charge on any atom is 0.226 e. The molecule has 1 saturated heterocycles. The Morgan fingerprint density at radius 1 is 1.26 bits per heavy atom. The van der Waals surface area contributed by atoms with Crippen molar-refractivity contribution in [3.63, 3.8) is 0 Å². The summed E-state index contributed by atoms with van der Waals surface area (Å²) in [6, 6.07) is 8.01. The van der Waals surface area contributed by atoms with Gasteiger partial charge in [-0.2, -0.15) is 0 Å². The largest absolute Gasteiger partial charge is 0.347 e. The van der Waals surface area contributed by atoms with Crippen molar-refractivity contribution in [2.75, 3.05) is 6.54 Å². The van der Waals surface area contributed by atoms with Gasteiger partial charge in [0.1, 0.15) is 5.82 Å². The molecule has 0 spiro atoms. The first kappa shape index (κ1) is 14.8. The molecule has 4 rings (SSSR count). The fourth-order valence-corrected chi connectivity index (χ4v) is 3.82. The predicted octanol–water partition coefficient (Wildman–Crippen LogP) is 3.92. The van der Waals surface area contributed by atoms with Crippen molar-refractivity contribution in [3.8, 4) is 0 Å². The third kappa shape index (κ3) is 2.88. The van der Waals surface area contributed by atoms with Gasteiger partial charge in [-0.15, -0.1) is 0 Å². The fourth-order valence-electron chi connectivity index (χ4n) is 3.70. The number of piperidine rings is 1. The van der Waals surface area contributed by atoms with E-state index < -0.39 is 0 Å². The minimum Gasteiger partial charge on any atom is -0.347 e. The van der Waals surface area contributed by atoms with Crippen LogP contribution in [0.2, 0.25) is 5.02 Å². The van der Waals surface area contributed by atoms with E-state index in [9.17, 15) is 4.79 Å². The number of likely N-dealkylation sites (tertiary alicyclic amines) is 1. The summed E-state index contributed by atoms with van der Waals surface area (Å²) in [7, 11) is 0. The zero-order valence-electron chi connectivity index (χ0n) is 12.9. The number of aromatic nitrogens is 2. The molecule has 1 amide bonds. The molecule has 3 unspecified atom stereocenters. The molecule has 0 radical (unpaired) electrons. The van der Waals surface area contributed by atoms with Gasteiger partial charge in [0, 0.05) is 29.9 Å². The Hall–Kier alpha value is -1.81. The van der Waals surface area contributed by atoms with Gasteiger partial charge in [-0.25, -0.2) is 4.98 Å². The Labute approximate surface area is 140 Å². The number of nitrogens with one attached hydrogen (secondary N) is 1. The molecule has 1 aliphatic carbocycles. The SMILES string of the molecule is O=C(C1CC1c1ccc(Cl)cc1)N1CCCCC1c1ncc[nH]1. The van der Waals surface area contributed by atoms with Crippen LogP contribution in [0.15, 0.2) is 36.7 Å². The van der Waals surface area contributed by atoms with Crippen LogP contribution in [0.3, 0.4) is 0 Å². The van der Waals surface area contributed by atoms with Crippen LogP contribution in [0.25, 0.3) is 0 Å². The number of H-pyrrole nitrogens is 1. The Morgan fingerprint density at radius 2 is 2.09 bits per heavy atom. The lowest BCUT2D eigenvalue weighted by Gasteiger charge is -2.35. The summed E-state index contributed by atoms with van der Waals surface area (Å²) in [6.07, 6.45) is 7.78. The number of rotatable bonds is 3. The number of nitrogens with zero attached hydrogens (tertiary/aromatic N) is 2. The van der Waals surface area contributed by atoms with Crippen LogP contribution in [-0.2, 0) is 4.79 Å². The average molecular weight is 330 g/mol. The molecule has 4 nitrogen and oxygen atoms in total. The third-order valence-electron chi connectivity index (χ3n) is 5.03. The standard InChI is InChI=1S/C18H20ClN3O/c19-13-6-4-12(5-7-13)14-11-15(14)18(23)22-10-2-1-3-16(22)17-20-8-9-21-17/h4-9,14-16H,1-3,10-11H2,(H,20,21). The summed E-state index contributed by atoms with van der Waals surface area (Å²) in [4.78, 5) is 22.6. The molecule has 5 heteroatoms. The highest BCUT2D eigenvalue weighted by Gasteiger charge is 2.47. The number of amides is 1. The van der Waals surface area contributed by atoms with Gasteiger partial charge in [0.25, 0.3) is 0 Å². The first-order valence-corrected chi connectivity index (χ1v) is 8.67. The second-order valence-corrected chi connectivity index (χ2v) is 6.95. The molecule has 23 heavy (non-hydrogen) atoms. The Bertz CT molecular complexity index is 683. The molecular formula is C18H20ClN3O. The summed E-state index contributed by atoms with van der Waals surface area (Å²) < 4.78 is 0. The van der Waals surface area contributed by atoms with Crippen LogP contribution < -0.4 is 0 Å². The van der Waals surface area contributed by atoms with E-state index in [0.29, 0.717) is 5.92 Å². The van der Waals surface area contributed by atoms with Crippen molar-refractivity contribution in [1.82, 2.24) is 14.9 Å². The van der Waals surface area contributed by atoms with Gasteiger partial charge in [-0.3, -0.25) is 4.79 Å². The van der Waals surface area contributed by atoms with E-state index in [0.717, 1.165) is 43.1 Å². The number of aromatic amines is 1. The zero-order valence-corrected chi connectivity index (χ0v) is 13.7. The topological polar surface area (TPSA) is 49.0 Å². The fraction of sp³-hybridized carbons (Fsp3) is 0.444. The molecule has 1 N–H and O–H groups in total. The van der Waals surface area contributed by atoms with Gasteiger partial charge in [0.05, 0.1) is 6.04 Å². The molecule has 120 valence electrons. The normalized spacial score (nSPS) is 27.0. The van der Waals surface area contributed by atoms with E-state index in [4.69, 9.17) is 11.6 Å². The number of hydrogen-bond acceptors (Lipinski definition) is 2. The molecule has 2 heterocycles. The van der Waals surface area contributed by atoms with Crippen LogP contribution in [0, 0.1) is 5.92 Å². The number of carbonyl (C=O) groups excluding carboxylic acids is 1.